The van der Waals surface area contributed by atoms with Gasteiger partial charge in [0.1, 0.15) is 0 Å². The molecule has 1 atom stereocenters. The molecule has 0 saturated heterocycles. The third-order valence-corrected chi connectivity index (χ3v) is 6.02. The van der Waals surface area contributed by atoms with E-state index in [-0.39, 0.29) is 16.7 Å². The summed E-state index contributed by atoms with van der Waals surface area (Å²) in [6.07, 6.45) is -6.76. The van der Waals surface area contributed by atoms with E-state index in [1.54, 1.807) is 0 Å². The fraction of sp³-hybridized carbons (Fsp3) is 0.417. The van der Waals surface area contributed by atoms with Crippen molar-refractivity contribution in [2.45, 2.75) is 45.9 Å². The Kier molecular flexibility index (Phi) is 11.2. The Hall–Kier alpha value is -2.20. The van der Waals surface area contributed by atoms with E-state index in [0.29, 0.717) is 12.1 Å². The van der Waals surface area contributed by atoms with Gasteiger partial charge in [0, 0.05) is 5.56 Å². The maximum Gasteiger partial charge on any atom is 0.421 e. The molecular formula is C24H27Cl2F4NO4. The van der Waals surface area contributed by atoms with Gasteiger partial charge >= 0.3 is 12.1 Å². The van der Waals surface area contributed by atoms with E-state index in [2.05, 4.69) is 25.7 Å². The third-order valence-electron chi connectivity index (χ3n) is 5.47. The summed E-state index contributed by atoms with van der Waals surface area (Å²) >= 11 is 11.0. The number of benzene rings is 2. The summed E-state index contributed by atoms with van der Waals surface area (Å²) in [5, 5.41) is 17.8. The molecule has 2 N–H and O–H groups in total. The van der Waals surface area contributed by atoms with Gasteiger partial charge in [0.25, 0.3) is 0 Å². The fourth-order valence-electron chi connectivity index (χ4n) is 3.24. The van der Waals surface area contributed by atoms with Crippen LogP contribution in [0.4, 0.5) is 17.6 Å². The molecule has 0 heterocycles. The summed E-state index contributed by atoms with van der Waals surface area (Å²) in [6, 6.07) is 4.31. The molecule has 0 bridgehead atoms. The van der Waals surface area contributed by atoms with Crippen LogP contribution in [0.15, 0.2) is 30.3 Å². The number of rotatable bonds is 8. The van der Waals surface area contributed by atoms with Gasteiger partial charge in [-0.25, -0.2) is 9.18 Å². The summed E-state index contributed by atoms with van der Waals surface area (Å²) in [5.41, 5.74) is -4.79. The zero-order chi connectivity index (χ0) is 27.1. The van der Waals surface area contributed by atoms with Crippen molar-refractivity contribution in [3.63, 3.8) is 0 Å². The number of carboxylic acids is 1. The van der Waals surface area contributed by atoms with Gasteiger partial charge in [-0.2, -0.15) is 13.2 Å². The van der Waals surface area contributed by atoms with E-state index in [4.69, 9.17) is 28.3 Å². The molecule has 0 radical (unpaired) electrons. The van der Waals surface area contributed by atoms with Gasteiger partial charge in [0.05, 0.1) is 22.0 Å². The molecule has 11 heteroatoms. The lowest BCUT2D eigenvalue weighted by Gasteiger charge is -2.31. The van der Waals surface area contributed by atoms with E-state index >= 15 is 0 Å². The van der Waals surface area contributed by atoms with E-state index in [9.17, 15) is 32.3 Å². The number of hydrogen-bond acceptors (Lipinski definition) is 4. The van der Waals surface area contributed by atoms with Gasteiger partial charge in [0.15, 0.2) is 17.2 Å². The molecule has 5 nitrogen and oxygen atoms in total. The van der Waals surface area contributed by atoms with Gasteiger partial charge < -0.3 is 15.1 Å². The molecule has 1 unspecified atom stereocenters. The SMILES string of the molecule is CCN(CC)CC.Cc1cc(C(=O)CC(O)(c2cc(Cl)c(F)c(Cl)c2)C(F)(F)F)ccc1C(=O)O. The Morgan fingerprint density at radius 2 is 1.46 bits per heavy atom. The highest BCUT2D eigenvalue weighted by Gasteiger charge is 2.56. The minimum absolute atomic E-state index is 0.125. The lowest BCUT2D eigenvalue weighted by molar-refractivity contribution is -0.264. The number of alkyl halides is 3. The molecule has 194 valence electrons. The molecule has 0 spiro atoms. The largest absolute Gasteiger partial charge is 0.478 e. The van der Waals surface area contributed by atoms with Gasteiger partial charge in [-0.05, 0) is 62.0 Å². The summed E-state index contributed by atoms with van der Waals surface area (Å²) in [6.45, 7) is 11.5. The topological polar surface area (TPSA) is 77.8 Å². The van der Waals surface area contributed by atoms with Gasteiger partial charge in [-0.1, -0.05) is 50.0 Å². The first kappa shape index (κ1) is 30.8. The summed E-state index contributed by atoms with van der Waals surface area (Å²) in [5.74, 6) is -3.54. The van der Waals surface area contributed by atoms with E-state index in [1.165, 1.54) is 26.6 Å². The number of carboxylic acid groups (broad SMARTS) is 1. The number of aromatic carboxylic acids is 1. The maximum absolute atomic E-state index is 13.6. The van der Waals surface area contributed by atoms with Crippen molar-refractivity contribution >= 4 is 35.0 Å². The number of Topliss-reactive ketones (excluding diaryl/α,β-unsaturated/α-hetero) is 1. The number of nitrogens with zero attached hydrogens (tertiary/aromatic N) is 1. The van der Waals surface area contributed by atoms with Crippen LogP contribution in [-0.2, 0) is 5.60 Å². The number of hydrogen-bond donors (Lipinski definition) is 2. The molecule has 0 saturated carbocycles. The first-order valence-electron chi connectivity index (χ1n) is 10.7. The Morgan fingerprint density at radius 3 is 1.80 bits per heavy atom. The molecule has 2 aromatic rings. The minimum atomic E-state index is -5.32. The van der Waals surface area contributed by atoms with Gasteiger partial charge in [-0.3, -0.25) is 4.79 Å². The Morgan fingerprint density at radius 1 is 0.971 bits per heavy atom. The predicted octanol–water partition coefficient (Wildman–Crippen LogP) is 6.51. The fourth-order valence-corrected chi connectivity index (χ4v) is 3.73. The lowest BCUT2D eigenvalue weighted by Crippen LogP contribution is -2.44. The highest BCUT2D eigenvalue weighted by Crippen LogP contribution is 2.44. The van der Waals surface area contributed by atoms with Crippen LogP contribution in [0.25, 0.3) is 0 Å². The highest BCUT2D eigenvalue weighted by atomic mass is 35.5. The summed E-state index contributed by atoms with van der Waals surface area (Å²) in [7, 11) is 0. The van der Waals surface area contributed by atoms with Crippen molar-refractivity contribution in [2.75, 3.05) is 19.6 Å². The van der Waals surface area contributed by atoms with Crippen LogP contribution in [0.5, 0.6) is 0 Å². The third kappa shape index (κ3) is 7.64. The molecule has 0 aliphatic heterocycles. The Labute approximate surface area is 211 Å². The number of halogens is 6. The van der Waals surface area contributed by atoms with Crippen LogP contribution >= 0.6 is 23.2 Å². The van der Waals surface area contributed by atoms with E-state index < -0.39 is 51.4 Å². The van der Waals surface area contributed by atoms with Crippen LogP contribution < -0.4 is 0 Å². The molecule has 35 heavy (non-hydrogen) atoms. The number of aryl methyl sites for hydroxylation is 1. The second kappa shape index (κ2) is 12.7. The second-order valence-corrected chi connectivity index (χ2v) is 8.48. The number of carbonyl (C=O) groups excluding carboxylic acids is 1. The van der Waals surface area contributed by atoms with Crippen LogP contribution in [0.1, 0.15) is 59.0 Å². The summed E-state index contributed by atoms with van der Waals surface area (Å²) < 4.78 is 54.4. The van der Waals surface area contributed by atoms with Crippen molar-refractivity contribution in [1.29, 1.82) is 0 Å². The van der Waals surface area contributed by atoms with Crippen molar-refractivity contribution in [2.24, 2.45) is 0 Å². The zero-order valence-corrected chi connectivity index (χ0v) is 21.2. The minimum Gasteiger partial charge on any atom is -0.478 e. The highest BCUT2D eigenvalue weighted by molar-refractivity contribution is 6.35. The zero-order valence-electron chi connectivity index (χ0n) is 19.6. The summed E-state index contributed by atoms with van der Waals surface area (Å²) in [4.78, 5) is 25.8. The van der Waals surface area contributed by atoms with Crippen LogP contribution in [0, 0.1) is 12.7 Å². The molecule has 0 aliphatic carbocycles. The van der Waals surface area contributed by atoms with Crippen molar-refractivity contribution in [3.8, 4) is 0 Å². The average molecular weight is 540 g/mol. The van der Waals surface area contributed by atoms with Gasteiger partial charge in [-0.15, -0.1) is 0 Å². The molecule has 2 rings (SSSR count). The molecule has 0 amide bonds. The first-order chi connectivity index (χ1) is 16.1. The molecule has 2 aromatic carbocycles. The quantitative estimate of drug-likeness (QED) is 0.227. The van der Waals surface area contributed by atoms with Crippen LogP contribution in [0.3, 0.4) is 0 Å². The Balaban J connectivity index is 0.000000762. The average Bonchev–Trinajstić information content (AvgIpc) is 2.77. The van der Waals surface area contributed by atoms with Crippen molar-refractivity contribution < 1.29 is 37.4 Å². The maximum atomic E-state index is 13.6. The molecular weight excluding hydrogens is 513 g/mol. The number of ketones is 1. The smallest absolute Gasteiger partial charge is 0.421 e. The van der Waals surface area contributed by atoms with Crippen LogP contribution in [-0.4, -0.2) is 52.7 Å². The normalized spacial score (nSPS) is 13.1. The van der Waals surface area contributed by atoms with Crippen LogP contribution in [0.2, 0.25) is 10.0 Å². The first-order valence-corrected chi connectivity index (χ1v) is 11.4. The van der Waals surface area contributed by atoms with E-state index in [1.807, 2.05) is 0 Å². The molecule has 0 aromatic heterocycles. The monoisotopic (exact) mass is 539 g/mol. The number of aliphatic hydroxyl groups is 1. The van der Waals surface area contributed by atoms with E-state index in [0.717, 1.165) is 18.2 Å². The second-order valence-electron chi connectivity index (χ2n) is 7.67. The van der Waals surface area contributed by atoms with Gasteiger partial charge in [0.2, 0.25) is 0 Å². The molecule has 0 aliphatic rings. The molecule has 0 fully saturated rings. The predicted molar refractivity (Wildman–Crippen MR) is 127 cm³/mol. The van der Waals surface area contributed by atoms with Crippen molar-refractivity contribution in [1.82, 2.24) is 4.90 Å². The number of carbonyl (C=O) groups is 2. The van der Waals surface area contributed by atoms with Crippen molar-refractivity contribution in [3.05, 3.63) is 68.4 Å². The Bertz CT molecular complexity index is 1030. The lowest BCUT2D eigenvalue weighted by atomic mass is 9.86. The standard InChI is InChI=1S/C18H12Cl2F4O4.C6H15N/c1-8-4-9(2-3-11(8)16(26)27)14(25)7-17(28,18(22,23)24)10-5-12(19)15(21)13(20)6-10;1-4-7(5-2)6-3/h2-6,28H,7H2,1H3,(H,26,27);4-6H2,1-3H3.